The lowest BCUT2D eigenvalue weighted by Crippen LogP contribution is -2.59. The molecule has 0 aromatic carbocycles. The Morgan fingerprint density at radius 3 is 2.60 bits per heavy atom. The van der Waals surface area contributed by atoms with Crippen molar-refractivity contribution in [3.8, 4) is 0 Å². The van der Waals surface area contributed by atoms with Gasteiger partial charge >= 0.3 is 17.6 Å². The van der Waals surface area contributed by atoms with Crippen molar-refractivity contribution in [3.05, 3.63) is 34.4 Å². The highest BCUT2D eigenvalue weighted by Crippen LogP contribution is 2.78. The third-order valence-electron chi connectivity index (χ3n) is 13.2. The van der Waals surface area contributed by atoms with Crippen molar-refractivity contribution in [1.82, 2.24) is 15.1 Å². The van der Waals surface area contributed by atoms with Crippen LogP contribution in [0.1, 0.15) is 90.0 Å². The van der Waals surface area contributed by atoms with Gasteiger partial charge in [-0.3, -0.25) is 4.79 Å². The first-order valence-electron chi connectivity index (χ1n) is 16.8. The highest BCUT2D eigenvalue weighted by Gasteiger charge is 2.84. The van der Waals surface area contributed by atoms with Crippen LogP contribution in [0.3, 0.4) is 0 Å². The Hall–Kier alpha value is -2.39. The molecule has 0 radical (unpaired) electrons. The first-order valence-corrected chi connectivity index (χ1v) is 16.8. The second-order valence-electron chi connectivity index (χ2n) is 15.0. The third kappa shape index (κ3) is 4.50. The Labute approximate surface area is 255 Å². The van der Waals surface area contributed by atoms with Gasteiger partial charge in [0, 0.05) is 50.5 Å². The monoisotopic (exact) mass is 595 g/mol. The van der Waals surface area contributed by atoms with Gasteiger partial charge in [-0.15, -0.1) is 0 Å². The van der Waals surface area contributed by atoms with Gasteiger partial charge in [0.15, 0.2) is 0 Å². The molecule has 3 heterocycles. The van der Waals surface area contributed by atoms with E-state index in [0.29, 0.717) is 24.3 Å². The van der Waals surface area contributed by atoms with Crippen LogP contribution in [0.4, 0.5) is 4.79 Å². The number of fused-ring (bicyclic) bond motifs is 3. The molecule has 236 valence electrons. The summed E-state index contributed by atoms with van der Waals surface area (Å²) in [4.78, 5) is 41.6. The van der Waals surface area contributed by atoms with Crippen LogP contribution in [0.2, 0.25) is 0 Å². The van der Waals surface area contributed by atoms with Crippen LogP contribution in [0.25, 0.3) is 0 Å². The summed E-state index contributed by atoms with van der Waals surface area (Å²) in [6.45, 7) is 10.3. The molecule has 1 N–H and O–H groups in total. The van der Waals surface area contributed by atoms with Crippen molar-refractivity contribution in [1.29, 1.82) is 0 Å². The normalized spacial score (nSPS) is 43.1. The van der Waals surface area contributed by atoms with Gasteiger partial charge in [0.2, 0.25) is 0 Å². The summed E-state index contributed by atoms with van der Waals surface area (Å²) in [5.74, 6) is 1.15. The summed E-state index contributed by atoms with van der Waals surface area (Å²) < 4.78 is 18.1. The average molecular weight is 596 g/mol. The summed E-state index contributed by atoms with van der Waals surface area (Å²) in [5.41, 5.74) is 0.209. The average Bonchev–Trinajstić information content (AvgIpc) is 3.42. The number of hydrogen-bond acceptors (Lipinski definition) is 7. The molecule has 4 aliphatic carbocycles. The molecule has 7 rings (SSSR count). The van der Waals surface area contributed by atoms with Crippen LogP contribution in [-0.2, 0) is 14.3 Å². The lowest BCUT2D eigenvalue weighted by Gasteiger charge is -2.61. The van der Waals surface area contributed by atoms with E-state index in [4.69, 9.17) is 13.9 Å². The lowest BCUT2D eigenvalue weighted by molar-refractivity contribution is -0.156. The molecule has 1 spiro atoms. The van der Waals surface area contributed by atoms with Crippen molar-refractivity contribution in [2.45, 2.75) is 108 Å². The second kappa shape index (κ2) is 10.6. The van der Waals surface area contributed by atoms with Crippen LogP contribution >= 0.6 is 0 Å². The number of carbonyl (C=O) groups excluding carboxylic acids is 2. The van der Waals surface area contributed by atoms with Gasteiger partial charge in [-0.25, -0.2) is 9.59 Å². The molecule has 0 unspecified atom stereocenters. The number of likely N-dealkylation sites (tertiary alicyclic amines) is 1. The molecule has 2 aliphatic heterocycles. The number of epoxide rings is 1. The number of nitrogens with zero attached hydrogens (tertiary/aromatic N) is 2. The van der Waals surface area contributed by atoms with Gasteiger partial charge in [0.25, 0.3) is 0 Å². The number of ether oxygens (including phenoxy) is 2. The second-order valence-corrected chi connectivity index (χ2v) is 15.0. The van der Waals surface area contributed by atoms with E-state index in [1.165, 1.54) is 25.8 Å². The fraction of sp³-hybridized carbons (Fsp3) is 0.794. The fourth-order valence-corrected chi connectivity index (χ4v) is 11.1. The first kappa shape index (κ1) is 29.3. The Morgan fingerprint density at radius 2 is 1.88 bits per heavy atom. The largest absolute Gasteiger partial charge is 0.459 e. The molecule has 0 bridgehead atoms. The number of amides is 2. The van der Waals surface area contributed by atoms with Gasteiger partial charge < -0.3 is 29.0 Å². The SMILES string of the molecule is CC(=O)O[C@H]1[C@H]2O[C@]23[C@@H]2CC[C@@H]4C[C@@H](N(C)C(=O)NCCN5CCCC5)CC[C@]4(C)[C@H]2CC[C@]3(C)[C@H]1c1ccc(=O)oc1. The molecule has 1 aromatic heterocycles. The minimum absolute atomic E-state index is 0.0632. The number of rotatable bonds is 6. The summed E-state index contributed by atoms with van der Waals surface area (Å²) in [5, 5.41) is 3.18. The number of nitrogens with one attached hydrogen (secondary N) is 1. The smallest absolute Gasteiger partial charge is 0.335 e. The van der Waals surface area contributed by atoms with E-state index in [-0.39, 0.29) is 58.2 Å². The van der Waals surface area contributed by atoms with Gasteiger partial charge in [-0.1, -0.05) is 13.8 Å². The highest BCUT2D eigenvalue weighted by molar-refractivity contribution is 5.74. The Balaban J connectivity index is 1.07. The summed E-state index contributed by atoms with van der Waals surface area (Å²) >= 11 is 0. The number of carbonyl (C=O) groups is 2. The van der Waals surface area contributed by atoms with Crippen molar-refractivity contribution in [2.24, 2.45) is 28.6 Å². The molecule has 6 fully saturated rings. The van der Waals surface area contributed by atoms with Gasteiger partial charge in [0.05, 0.1) is 6.26 Å². The lowest BCUT2D eigenvalue weighted by atomic mass is 9.44. The maximum Gasteiger partial charge on any atom is 0.335 e. The van der Waals surface area contributed by atoms with E-state index < -0.39 is 0 Å². The maximum absolute atomic E-state index is 13.1. The molecule has 9 nitrogen and oxygen atoms in total. The number of hydrogen-bond donors (Lipinski definition) is 1. The molecule has 9 heteroatoms. The molecule has 2 amide bonds. The Kier molecular flexibility index (Phi) is 7.23. The predicted octanol–water partition coefficient (Wildman–Crippen LogP) is 4.54. The van der Waals surface area contributed by atoms with E-state index in [1.54, 1.807) is 6.26 Å². The van der Waals surface area contributed by atoms with Crippen molar-refractivity contribution in [2.75, 3.05) is 33.2 Å². The summed E-state index contributed by atoms with van der Waals surface area (Å²) in [7, 11) is 1.98. The van der Waals surface area contributed by atoms with Crippen molar-refractivity contribution in [3.63, 3.8) is 0 Å². The van der Waals surface area contributed by atoms with Crippen LogP contribution in [0, 0.1) is 28.6 Å². The van der Waals surface area contributed by atoms with Crippen LogP contribution in [-0.4, -0.2) is 78.9 Å². The van der Waals surface area contributed by atoms with E-state index in [1.807, 2.05) is 18.0 Å². The predicted molar refractivity (Wildman–Crippen MR) is 161 cm³/mol. The molecular weight excluding hydrogens is 546 g/mol. The van der Waals surface area contributed by atoms with Gasteiger partial charge in [0.1, 0.15) is 17.8 Å². The molecule has 10 atom stereocenters. The summed E-state index contributed by atoms with van der Waals surface area (Å²) in [6.07, 6.45) is 11.1. The molecule has 1 aromatic rings. The zero-order valence-corrected chi connectivity index (χ0v) is 26.3. The number of esters is 1. The number of urea groups is 1. The molecule has 2 saturated heterocycles. The van der Waals surface area contributed by atoms with E-state index in [9.17, 15) is 14.4 Å². The third-order valence-corrected chi connectivity index (χ3v) is 13.2. The van der Waals surface area contributed by atoms with Crippen molar-refractivity contribution < 1.29 is 23.5 Å². The van der Waals surface area contributed by atoms with E-state index >= 15 is 0 Å². The van der Waals surface area contributed by atoms with Crippen LogP contribution in [0.15, 0.2) is 27.6 Å². The standard InChI is InChI=1S/C34H49N3O6/c1-21(38)42-29-28(22-7-10-27(39)41-20-22)33(3)14-12-25-26(34(33)30(29)43-34)9-8-23-19-24(11-13-32(23,25)2)36(4)31(40)35-15-18-37-16-5-6-17-37/h7,10,20,23-26,28-30H,5-6,8-9,11-19H2,1-4H3,(H,35,40)/t23-,24+,25+,26-,28+,29-,30-,32+,33-,34-/m1/s1. The van der Waals surface area contributed by atoms with E-state index in [2.05, 4.69) is 24.1 Å². The highest BCUT2D eigenvalue weighted by atomic mass is 16.7. The molecular formula is C34H49N3O6. The van der Waals surface area contributed by atoms with Gasteiger partial charge in [-0.2, -0.15) is 0 Å². The van der Waals surface area contributed by atoms with E-state index in [0.717, 1.165) is 70.1 Å². The minimum Gasteiger partial charge on any atom is -0.459 e. The quantitative estimate of drug-likeness (QED) is 0.380. The Bertz CT molecular complexity index is 1290. The van der Waals surface area contributed by atoms with Crippen molar-refractivity contribution >= 4 is 12.0 Å². The molecule has 43 heavy (non-hydrogen) atoms. The van der Waals surface area contributed by atoms with Crippen LogP contribution in [0.5, 0.6) is 0 Å². The summed E-state index contributed by atoms with van der Waals surface area (Å²) in [6, 6.07) is 3.66. The van der Waals surface area contributed by atoms with Gasteiger partial charge in [-0.05, 0) is 106 Å². The van der Waals surface area contributed by atoms with Crippen LogP contribution < -0.4 is 10.9 Å². The topological polar surface area (TPSA) is 105 Å². The molecule has 6 aliphatic rings. The fourth-order valence-electron chi connectivity index (χ4n) is 11.1. The zero-order valence-electron chi connectivity index (χ0n) is 26.3. The maximum atomic E-state index is 13.1. The first-order chi connectivity index (χ1) is 20.6. The molecule has 4 saturated carbocycles. The minimum atomic E-state index is -0.382. The zero-order chi connectivity index (χ0) is 30.1. The Morgan fingerprint density at radius 1 is 1.09 bits per heavy atom.